The van der Waals surface area contributed by atoms with Crippen LogP contribution in [0.1, 0.15) is 28.6 Å². The Morgan fingerprint density at radius 1 is 1.23 bits per heavy atom. The lowest BCUT2D eigenvalue weighted by Crippen LogP contribution is -2.52. The summed E-state index contributed by atoms with van der Waals surface area (Å²) < 4.78 is 4.94. The van der Waals surface area contributed by atoms with Crippen LogP contribution in [-0.2, 0) is 22.4 Å². The number of nitrogens with zero attached hydrogens (tertiary/aromatic N) is 2. The maximum Gasteiger partial charge on any atom is 0.328 e. The standard InChI is InChI=1S/C23H23ClN4O3/c1-31-22(29)19(13-15-7-3-2-4-8-15)27-23(30)28-12-11-18-20(26-14-25-18)21(28)16-9-5-6-10-17(16)24/h2-10,14,19,21H,11-13H2,1H3,(H,25,26)(H,27,30)/t19-,21-/m0/s1. The number of ether oxygens (including phenoxy) is 1. The summed E-state index contributed by atoms with van der Waals surface area (Å²) in [6, 6.07) is 15.3. The first-order chi connectivity index (χ1) is 15.1. The van der Waals surface area contributed by atoms with Crippen LogP contribution in [0.4, 0.5) is 4.79 Å². The topological polar surface area (TPSA) is 87.3 Å². The molecule has 3 aromatic rings. The van der Waals surface area contributed by atoms with Gasteiger partial charge >= 0.3 is 12.0 Å². The zero-order valence-electron chi connectivity index (χ0n) is 17.0. The molecule has 4 rings (SSSR count). The van der Waals surface area contributed by atoms with E-state index in [1.165, 1.54) is 7.11 Å². The van der Waals surface area contributed by atoms with Crippen molar-refractivity contribution >= 4 is 23.6 Å². The average Bonchev–Trinajstić information content (AvgIpc) is 3.27. The summed E-state index contributed by atoms with van der Waals surface area (Å²) in [6.07, 6.45) is 2.59. The number of amides is 2. The van der Waals surface area contributed by atoms with Crippen molar-refractivity contribution in [3.05, 3.63) is 88.5 Å². The molecule has 0 spiro atoms. The highest BCUT2D eigenvalue weighted by Gasteiger charge is 2.36. The van der Waals surface area contributed by atoms with Crippen molar-refractivity contribution in [2.45, 2.75) is 24.9 Å². The Kier molecular flexibility index (Phi) is 6.23. The third-order valence-corrected chi connectivity index (χ3v) is 5.80. The van der Waals surface area contributed by atoms with Gasteiger partial charge in [0.1, 0.15) is 12.1 Å². The third kappa shape index (κ3) is 4.41. The molecule has 0 saturated heterocycles. The molecule has 0 saturated carbocycles. The largest absolute Gasteiger partial charge is 0.467 e. The molecule has 7 nitrogen and oxygen atoms in total. The molecule has 2 amide bonds. The van der Waals surface area contributed by atoms with Crippen molar-refractivity contribution < 1.29 is 14.3 Å². The van der Waals surface area contributed by atoms with Crippen molar-refractivity contribution in [1.29, 1.82) is 0 Å². The molecule has 8 heteroatoms. The number of imidazole rings is 1. The molecular formula is C23H23ClN4O3. The van der Waals surface area contributed by atoms with Crippen LogP contribution in [0.15, 0.2) is 60.9 Å². The summed E-state index contributed by atoms with van der Waals surface area (Å²) in [5.74, 6) is -0.496. The van der Waals surface area contributed by atoms with Gasteiger partial charge in [-0.3, -0.25) is 0 Å². The molecule has 31 heavy (non-hydrogen) atoms. The van der Waals surface area contributed by atoms with Gasteiger partial charge in [0, 0.05) is 30.1 Å². The van der Waals surface area contributed by atoms with Crippen molar-refractivity contribution in [3.8, 4) is 0 Å². The molecule has 0 fully saturated rings. The van der Waals surface area contributed by atoms with Crippen LogP contribution in [0.25, 0.3) is 0 Å². The Bertz CT molecular complexity index is 1070. The van der Waals surface area contributed by atoms with Gasteiger partial charge in [-0.1, -0.05) is 60.1 Å². The highest BCUT2D eigenvalue weighted by atomic mass is 35.5. The fourth-order valence-electron chi connectivity index (χ4n) is 3.92. The van der Waals surface area contributed by atoms with Gasteiger partial charge in [0.25, 0.3) is 0 Å². The monoisotopic (exact) mass is 438 g/mol. The number of fused-ring (bicyclic) bond motifs is 1. The summed E-state index contributed by atoms with van der Waals surface area (Å²) >= 11 is 6.48. The molecule has 2 aromatic carbocycles. The minimum atomic E-state index is -0.813. The second-order valence-electron chi connectivity index (χ2n) is 7.35. The lowest BCUT2D eigenvalue weighted by molar-refractivity contribution is -0.142. The third-order valence-electron chi connectivity index (χ3n) is 5.45. The number of nitrogens with one attached hydrogen (secondary N) is 2. The molecule has 0 unspecified atom stereocenters. The van der Waals surface area contributed by atoms with Crippen molar-refractivity contribution in [2.24, 2.45) is 0 Å². The molecule has 1 aromatic heterocycles. The molecule has 0 radical (unpaired) electrons. The molecule has 1 aliphatic heterocycles. The van der Waals surface area contributed by atoms with Gasteiger partial charge in [-0.15, -0.1) is 0 Å². The quantitative estimate of drug-likeness (QED) is 0.597. The number of H-pyrrole nitrogens is 1. The number of methoxy groups -OCH3 is 1. The summed E-state index contributed by atoms with van der Waals surface area (Å²) in [7, 11) is 1.32. The lowest BCUT2D eigenvalue weighted by atomic mass is 9.96. The number of aromatic amines is 1. The van der Waals surface area contributed by atoms with Gasteiger partial charge in [0.05, 0.1) is 19.1 Å². The maximum absolute atomic E-state index is 13.4. The Hall–Kier alpha value is -3.32. The Morgan fingerprint density at radius 2 is 1.97 bits per heavy atom. The normalized spacial score (nSPS) is 16.3. The van der Waals surface area contributed by atoms with E-state index in [4.69, 9.17) is 16.3 Å². The first-order valence-electron chi connectivity index (χ1n) is 10.0. The van der Waals surface area contributed by atoms with Crippen LogP contribution in [-0.4, -0.2) is 46.6 Å². The van der Waals surface area contributed by atoms with E-state index in [0.717, 1.165) is 22.5 Å². The number of rotatable bonds is 5. The van der Waals surface area contributed by atoms with Crippen LogP contribution >= 0.6 is 11.6 Å². The number of hydrogen-bond donors (Lipinski definition) is 2. The van der Waals surface area contributed by atoms with Gasteiger partial charge in [-0.2, -0.15) is 0 Å². The van der Waals surface area contributed by atoms with Crippen LogP contribution in [0.5, 0.6) is 0 Å². The van der Waals surface area contributed by atoms with Gasteiger partial charge < -0.3 is 19.9 Å². The smallest absolute Gasteiger partial charge is 0.328 e. The highest BCUT2D eigenvalue weighted by Crippen LogP contribution is 2.36. The number of carbonyl (C=O) groups is 2. The second-order valence-corrected chi connectivity index (χ2v) is 7.76. The van der Waals surface area contributed by atoms with Crippen molar-refractivity contribution in [2.75, 3.05) is 13.7 Å². The predicted molar refractivity (Wildman–Crippen MR) is 117 cm³/mol. The first kappa shape index (κ1) is 20.9. The summed E-state index contributed by atoms with van der Waals surface area (Å²) in [6.45, 7) is 0.455. The maximum atomic E-state index is 13.4. The van der Waals surface area contributed by atoms with Crippen molar-refractivity contribution in [3.63, 3.8) is 0 Å². The van der Waals surface area contributed by atoms with Gasteiger partial charge in [-0.25, -0.2) is 14.6 Å². The number of benzene rings is 2. The second kappa shape index (κ2) is 9.22. The number of carbonyl (C=O) groups excluding carboxylic acids is 2. The molecule has 160 valence electrons. The number of urea groups is 1. The Balaban J connectivity index is 1.62. The summed E-state index contributed by atoms with van der Waals surface area (Å²) in [5, 5.41) is 3.41. The predicted octanol–water partition coefficient (Wildman–Crippen LogP) is 3.50. The van der Waals surface area contributed by atoms with E-state index in [9.17, 15) is 9.59 Å². The fraction of sp³-hybridized carbons (Fsp3) is 0.261. The van der Waals surface area contributed by atoms with E-state index in [0.29, 0.717) is 24.4 Å². The van der Waals surface area contributed by atoms with Crippen LogP contribution in [0, 0.1) is 0 Å². The molecule has 0 bridgehead atoms. The van der Waals surface area contributed by atoms with E-state index in [1.54, 1.807) is 17.3 Å². The Morgan fingerprint density at radius 3 is 2.71 bits per heavy atom. The molecule has 2 heterocycles. The molecular weight excluding hydrogens is 416 g/mol. The fourth-order valence-corrected chi connectivity index (χ4v) is 4.16. The molecule has 0 aliphatic carbocycles. The van der Waals surface area contributed by atoms with Crippen LogP contribution in [0.3, 0.4) is 0 Å². The van der Waals surface area contributed by atoms with Crippen LogP contribution < -0.4 is 5.32 Å². The van der Waals surface area contributed by atoms with Gasteiger partial charge in [0.2, 0.25) is 0 Å². The van der Waals surface area contributed by atoms with E-state index in [-0.39, 0.29) is 6.03 Å². The van der Waals surface area contributed by atoms with E-state index in [2.05, 4.69) is 15.3 Å². The van der Waals surface area contributed by atoms with E-state index in [1.807, 2.05) is 48.5 Å². The Labute approximate surface area is 185 Å². The molecule has 2 atom stereocenters. The number of aromatic nitrogens is 2. The highest BCUT2D eigenvalue weighted by molar-refractivity contribution is 6.31. The first-order valence-corrected chi connectivity index (χ1v) is 10.4. The zero-order valence-corrected chi connectivity index (χ0v) is 17.8. The summed E-state index contributed by atoms with van der Waals surface area (Å²) in [4.78, 5) is 35.1. The van der Waals surface area contributed by atoms with Crippen molar-refractivity contribution in [1.82, 2.24) is 20.2 Å². The van der Waals surface area contributed by atoms with E-state index >= 15 is 0 Å². The number of esters is 1. The summed E-state index contributed by atoms with van der Waals surface area (Å²) in [5.41, 5.74) is 3.44. The molecule has 1 aliphatic rings. The minimum Gasteiger partial charge on any atom is -0.467 e. The SMILES string of the molecule is COC(=O)[C@H](Cc1ccccc1)NC(=O)N1CCc2[nH]cnc2[C@@H]1c1ccccc1Cl. The number of hydrogen-bond acceptors (Lipinski definition) is 4. The zero-order chi connectivity index (χ0) is 21.8. The molecule has 2 N–H and O–H groups in total. The number of halogens is 1. The van der Waals surface area contributed by atoms with Gasteiger partial charge in [-0.05, 0) is 17.2 Å². The van der Waals surface area contributed by atoms with E-state index < -0.39 is 18.1 Å². The lowest BCUT2D eigenvalue weighted by Gasteiger charge is -2.36. The van der Waals surface area contributed by atoms with Gasteiger partial charge in [0.15, 0.2) is 0 Å². The average molecular weight is 439 g/mol. The minimum absolute atomic E-state index is 0.331. The van der Waals surface area contributed by atoms with Crippen LogP contribution in [0.2, 0.25) is 5.02 Å².